The number of hydrogen-bond donors (Lipinski definition) is 0. The molecule has 4 atom stereocenters. The van der Waals surface area contributed by atoms with Crippen molar-refractivity contribution in [3.8, 4) is 5.88 Å². The Morgan fingerprint density at radius 1 is 1.02 bits per heavy atom. The summed E-state index contributed by atoms with van der Waals surface area (Å²) in [7, 11) is -1.77. The average Bonchev–Trinajstić information content (AvgIpc) is 3.30. The fourth-order valence-corrected chi connectivity index (χ4v) is 8.13. The summed E-state index contributed by atoms with van der Waals surface area (Å²) in [4.78, 5) is 21.1. The van der Waals surface area contributed by atoms with E-state index in [1.165, 1.54) is 0 Å². The van der Waals surface area contributed by atoms with Gasteiger partial charge in [-0.05, 0) is 60.7 Å². The average molecular weight is 617 g/mol. The van der Waals surface area contributed by atoms with Gasteiger partial charge in [-0.3, -0.25) is 4.79 Å². The highest BCUT2D eigenvalue weighted by molar-refractivity contribution is 7.89. The van der Waals surface area contributed by atoms with Crippen LogP contribution in [0.4, 0.5) is 0 Å². The predicted octanol–water partition coefficient (Wildman–Crippen LogP) is 6.13. The molecule has 5 rings (SSSR count). The molecule has 2 aliphatic heterocycles. The fraction of sp³-hybridized carbons (Fsp3) is 0.419. The summed E-state index contributed by atoms with van der Waals surface area (Å²) >= 11 is 12.8. The van der Waals surface area contributed by atoms with Crippen molar-refractivity contribution in [3.63, 3.8) is 0 Å². The van der Waals surface area contributed by atoms with Crippen LogP contribution in [-0.4, -0.2) is 60.5 Å². The van der Waals surface area contributed by atoms with Crippen molar-refractivity contribution in [1.82, 2.24) is 14.2 Å². The van der Waals surface area contributed by atoms with Crippen LogP contribution in [0.1, 0.15) is 55.0 Å². The third kappa shape index (κ3) is 6.56. The number of aromatic nitrogens is 1. The lowest BCUT2D eigenvalue weighted by atomic mass is 9.74. The van der Waals surface area contributed by atoms with Crippen LogP contribution in [0.5, 0.6) is 5.88 Å². The van der Waals surface area contributed by atoms with Gasteiger partial charge in [0.2, 0.25) is 21.8 Å². The number of pyridine rings is 1. The normalized spacial score (nSPS) is 23.5. The van der Waals surface area contributed by atoms with Crippen LogP contribution in [0, 0.1) is 5.92 Å². The molecule has 10 heteroatoms. The third-order valence-corrected chi connectivity index (χ3v) is 10.6. The zero-order chi connectivity index (χ0) is 29.1. The number of ether oxygens (including phenoxy) is 1. The second-order valence-corrected chi connectivity index (χ2v) is 13.8. The molecule has 3 aromatic rings. The molecular weight excluding hydrogens is 581 g/mol. The van der Waals surface area contributed by atoms with Crippen LogP contribution in [0.2, 0.25) is 10.0 Å². The lowest BCUT2D eigenvalue weighted by Crippen LogP contribution is -2.55. The Labute approximate surface area is 252 Å². The number of piperidine rings is 1. The van der Waals surface area contributed by atoms with Gasteiger partial charge in [-0.25, -0.2) is 13.4 Å². The first-order valence-electron chi connectivity index (χ1n) is 14.0. The molecule has 1 aromatic heterocycles. The van der Waals surface area contributed by atoms with E-state index in [0.717, 1.165) is 16.8 Å². The highest BCUT2D eigenvalue weighted by Crippen LogP contribution is 2.47. The van der Waals surface area contributed by atoms with Crippen LogP contribution in [0.25, 0.3) is 0 Å². The highest BCUT2D eigenvalue weighted by atomic mass is 35.5. The van der Waals surface area contributed by atoms with Gasteiger partial charge in [-0.2, -0.15) is 4.31 Å². The molecule has 0 saturated carbocycles. The van der Waals surface area contributed by atoms with Crippen molar-refractivity contribution in [2.75, 3.05) is 26.0 Å². The Morgan fingerprint density at radius 2 is 1.78 bits per heavy atom. The maximum atomic E-state index is 14.6. The van der Waals surface area contributed by atoms with E-state index in [1.54, 1.807) is 17.5 Å². The molecule has 218 valence electrons. The molecule has 41 heavy (non-hydrogen) atoms. The van der Waals surface area contributed by atoms with Gasteiger partial charge in [-0.15, -0.1) is 0 Å². The summed E-state index contributed by atoms with van der Waals surface area (Å²) in [6.07, 6.45) is 2.23. The Bertz CT molecular complexity index is 1480. The molecular formula is C31H35Cl2N3O4S. The van der Waals surface area contributed by atoms with E-state index < -0.39 is 10.0 Å². The first kappa shape index (κ1) is 29.8. The van der Waals surface area contributed by atoms with Gasteiger partial charge in [0.15, 0.2) is 0 Å². The molecule has 3 heterocycles. The van der Waals surface area contributed by atoms with Gasteiger partial charge >= 0.3 is 0 Å². The number of hydrogen-bond acceptors (Lipinski definition) is 5. The molecule has 1 unspecified atom stereocenters. The maximum Gasteiger partial charge on any atom is 0.226 e. The van der Waals surface area contributed by atoms with Crippen molar-refractivity contribution in [2.24, 2.45) is 5.92 Å². The number of carbonyl (C=O) groups is 1. The molecule has 0 radical (unpaired) electrons. The van der Waals surface area contributed by atoms with Gasteiger partial charge < -0.3 is 9.64 Å². The van der Waals surface area contributed by atoms with E-state index in [2.05, 4.69) is 11.1 Å². The maximum absolute atomic E-state index is 14.6. The van der Waals surface area contributed by atoms with E-state index in [9.17, 15) is 13.2 Å². The Morgan fingerprint density at radius 3 is 2.44 bits per heavy atom. The van der Waals surface area contributed by atoms with Gasteiger partial charge in [-0.1, -0.05) is 60.5 Å². The van der Waals surface area contributed by atoms with E-state index in [-0.39, 0.29) is 42.1 Å². The molecule has 2 aliphatic rings. The van der Waals surface area contributed by atoms with Crippen molar-refractivity contribution in [2.45, 2.75) is 50.6 Å². The standard InChI is InChI=1S/C31H35Cl2N3O4S/c1-3-27(20-35-15-6-16-41(35,38)39)36-30(21-11-13-24(32)14-12-21)28(22-7-4-8-25(33)17-22)19-23(31(36)37)18-26-9-5-10-29(34-26)40-2/h4-5,7-14,17,23,27-28,30H,3,6,15-16,18-20H2,1-2H3/t23-,27?,28+,30+/m0/s1. The zero-order valence-electron chi connectivity index (χ0n) is 23.2. The van der Waals surface area contributed by atoms with Gasteiger partial charge in [0.1, 0.15) is 0 Å². The third-order valence-electron chi connectivity index (χ3n) is 8.24. The predicted molar refractivity (Wildman–Crippen MR) is 162 cm³/mol. The Kier molecular flexibility index (Phi) is 9.24. The Balaban J connectivity index is 1.61. The molecule has 0 N–H and O–H groups in total. The van der Waals surface area contributed by atoms with Gasteiger partial charge in [0.05, 0.1) is 18.9 Å². The van der Waals surface area contributed by atoms with E-state index in [4.69, 9.17) is 27.9 Å². The minimum absolute atomic E-state index is 0.00343. The van der Waals surface area contributed by atoms with Gasteiger partial charge in [0, 0.05) is 59.2 Å². The van der Waals surface area contributed by atoms with Crippen molar-refractivity contribution < 1.29 is 17.9 Å². The van der Waals surface area contributed by atoms with Crippen LogP contribution in [0.3, 0.4) is 0 Å². The number of methoxy groups -OCH3 is 1. The van der Waals surface area contributed by atoms with Crippen molar-refractivity contribution in [1.29, 1.82) is 0 Å². The molecule has 1 amide bonds. The van der Waals surface area contributed by atoms with Crippen LogP contribution < -0.4 is 4.74 Å². The highest BCUT2D eigenvalue weighted by Gasteiger charge is 2.46. The summed E-state index contributed by atoms with van der Waals surface area (Å²) in [5, 5.41) is 1.24. The number of sulfonamides is 1. The minimum Gasteiger partial charge on any atom is -0.481 e. The quantitative estimate of drug-likeness (QED) is 0.289. The van der Waals surface area contributed by atoms with Crippen molar-refractivity contribution >= 4 is 39.1 Å². The molecule has 2 fully saturated rings. The van der Waals surface area contributed by atoms with Gasteiger partial charge in [0.25, 0.3) is 0 Å². The van der Waals surface area contributed by atoms with Crippen molar-refractivity contribution in [3.05, 3.63) is 93.6 Å². The first-order valence-corrected chi connectivity index (χ1v) is 16.4. The smallest absolute Gasteiger partial charge is 0.226 e. The molecule has 7 nitrogen and oxygen atoms in total. The first-order chi connectivity index (χ1) is 19.7. The number of likely N-dealkylation sites (tertiary alicyclic amines) is 1. The fourth-order valence-electron chi connectivity index (χ4n) is 6.25. The SMILES string of the molecule is CCC(CN1CCCS1(=O)=O)N1C(=O)[C@@H](Cc2cccc(OC)n2)C[C@H](c2cccc(Cl)c2)[C@H]1c1ccc(Cl)cc1. The number of carbonyl (C=O) groups excluding carboxylic acids is 1. The number of nitrogens with zero attached hydrogens (tertiary/aromatic N) is 3. The summed E-state index contributed by atoms with van der Waals surface area (Å²) in [6.45, 7) is 2.75. The summed E-state index contributed by atoms with van der Waals surface area (Å²) in [5.41, 5.74) is 2.75. The number of benzene rings is 2. The molecule has 0 spiro atoms. The lowest BCUT2D eigenvalue weighted by molar-refractivity contribution is -0.147. The molecule has 2 saturated heterocycles. The second kappa shape index (κ2) is 12.7. The van der Waals surface area contributed by atoms with E-state index in [0.29, 0.717) is 48.2 Å². The summed E-state index contributed by atoms with van der Waals surface area (Å²) in [6, 6.07) is 20.3. The number of amides is 1. The topological polar surface area (TPSA) is 79.8 Å². The molecule has 0 bridgehead atoms. The van der Waals surface area contributed by atoms with Crippen LogP contribution >= 0.6 is 23.2 Å². The number of rotatable bonds is 9. The minimum atomic E-state index is -3.34. The van der Waals surface area contributed by atoms with E-state index in [1.807, 2.05) is 66.4 Å². The molecule has 0 aliphatic carbocycles. The number of halogens is 2. The Hall–Kier alpha value is -2.65. The lowest BCUT2D eigenvalue weighted by Gasteiger charge is -2.49. The summed E-state index contributed by atoms with van der Waals surface area (Å²) in [5.74, 6) is 0.182. The second-order valence-electron chi connectivity index (χ2n) is 10.8. The monoisotopic (exact) mass is 615 g/mol. The van der Waals surface area contributed by atoms with E-state index >= 15 is 0 Å². The largest absolute Gasteiger partial charge is 0.481 e. The molecule has 2 aromatic carbocycles. The van der Waals surface area contributed by atoms with Crippen LogP contribution in [0.15, 0.2) is 66.7 Å². The zero-order valence-corrected chi connectivity index (χ0v) is 25.6. The van der Waals surface area contributed by atoms with Crippen LogP contribution in [-0.2, 0) is 21.2 Å². The summed E-state index contributed by atoms with van der Waals surface area (Å²) < 4.78 is 32.5.